The molecule has 0 spiro atoms. The second kappa shape index (κ2) is 8.02. The number of ether oxygens (including phenoxy) is 1. The molecule has 7 nitrogen and oxygen atoms in total. The topological polar surface area (TPSA) is 120 Å². The number of hydrogen-bond donors (Lipinski definition) is 2. The van der Waals surface area contributed by atoms with Gasteiger partial charge in [-0.15, -0.1) is 11.8 Å². The van der Waals surface area contributed by atoms with Gasteiger partial charge in [-0.25, -0.2) is 0 Å². The second-order valence-corrected chi connectivity index (χ2v) is 6.29. The van der Waals surface area contributed by atoms with E-state index in [1.54, 1.807) is 6.92 Å². The lowest BCUT2D eigenvalue weighted by atomic mass is 10.1. The normalized spacial score (nSPS) is 24.5. The molecular formula is C13H19NO6S. The number of rotatable bonds is 5. The van der Waals surface area contributed by atoms with Gasteiger partial charge >= 0.3 is 11.9 Å². The van der Waals surface area contributed by atoms with Gasteiger partial charge in [0.05, 0.1) is 24.8 Å². The van der Waals surface area contributed by atoms with E-state index in [9.17, 15) is 19.2 Å². The molecule has 3 unspecified atom stereocenters. The van der Waals surface area contributed by atoms with Crippen molar-refractivity contribution in [1.29, 1.82) is 0 Å². The summed E-state index contributed by atoms with van der Waals surface area (Å²) in [5.74, 6) is -1.39. The van der Waals surface area contributed by atoms with E-state index >= 15 is 0 Å². The zero-order valence-corrected chi connectivity index (χ0v) is 12.8. The van der Waals surface area contributed by atoms with Gasteiger partial charge in [0.25, 0.3) is 0 Å². The molecule has 1 amide bonds. The number of aliphatic carboxylic acids is 1. The Morgan fingerprint density at radius 2 is 2.05 bits per heavy atom. The standard InChI is InChI=1S/C11H16O5S.C2H3NO/c1-6(11(15)16-2)17-5-8-3-7(10(13)14)4-9(8)12;4-2-1-3-2/h6-8H,3-5H2,1-2H3,(H,13,14);1H2,(H,3,4). The van der Waals surface area contributed by atoms with Gasteiger partial charge in [0.2, 0.25) is 5.91 Å². The van der Waals surface area contributed by atoms with Crippen LogP contribution in [0.1, 0.15) is 19.8 Å². The van der Waals surface area contributed by atoms with Crippen molar-refractivity contribution in [3.63, 3.8) is 0 Å². The molecule has 0 aromatic carbocycles. The van der Waals surface area contributed by atoms with E-state index in [0.717, 1.165) is 0 Å². The van der Waals surface area contributed by atoms with Crippen molar-refractivity contribution in [1.82, 2.24) is 5.32 Å². The van der Waals surface area contributed by atoms with E-state index in [0.29, 0.717) is 18.7 Å². The first-order valence-corrected chi connectivity index (χ1v) is 7.61. The first-order chi connectivity index (χ1) is 9.85. The number of carbonyl (C=O) groups is 4. The van der Waals surface area contributed by atoms with Gasteiger partial charge in [0.1, 0.15) is 5.78 Å². The average Bonchev–Trinajstić information content (AvgIpc) is 3.13. The number of esters is 1. The van der Waals surface area contributed by atoms with Gasteiger partial charge in [0.15, 0.2) is 0 Å². The van der Waals surface area contributed by atoms with Crippen molar-refractivity contribution in [3.8, 4) is 0 Å². The van der Waals surface area contributed by atoms with Gasteiger partial charge in [-0.2, -0.15) is 0 Å². The first kappa shape index (κ1) is 17.5. The van der Waals surface area contributed by atoms with E-state index in [-0.39, 0.29) is 35.2 Å². The Hall–Kier alpha value is -1.57. The minimum absolute atomic E-state index is 0.0121. The van der Waals surface area contributed by atoms with Crippen LogP contribution in [0.2, 0.25) is 0 Å². The molecule has 1 aliphatic heterocycles. The van der Waals surface area contributed by atoms with Crippen LogP contribution in [0.15, 0.2) is 0 Å². The first-order valence-electron chi connectivity index (χ1n) is 6.56. The Bertz CT molecular complexity index is 432. The third kappa shape index (κ3) is 6.16. The highest BCUT2D eigenvalue weighted by Gasteiger charge is 2.36. The predicted molar refractivity (Wildman–Crippen MR) is 75.8 cm³/mol. The van der Waals surface area contributed by atoms with Gasteiger partial charge in [0, 0.05) is 18.1 Å². The number of amides is 1. The highest BCUT2D eigenvalue weighted by atomic mass is 32.2. The predicted octanol–water partition coefficient (Wildman–Crippen LogP) is 0.0772. The SMILES string of the molecule is COC(=O)C(C)SCC1CC(C(=O)O)CC1=O.O=C1CN1. The Balaban J connectivity index is 0.000000471. The molecule has 2 aliphatic rings. The highest BCUT2D eigenvalue weighted by Crippen LogP contribution is 2.31. The van der Waals surface area contributed by atoms with E-state index in [1.165, 1.54) is 18.9 Å². The van der Waals surface area contributed by atoms with Crippen LogP contribution in [0.25, 0.3) is 0 Å². The maximum absolute atomic E-state index is 11.5. The van der Waals surface area contributed by atoms with Gasteiger partial charge in [-0.1, -0.05) is 0 Å². The number of ketones is 1. The molecule has 8 heteroatoms. The molecule has 0 bridgehead atoms. The Kier molecular flexibility index (Phi) is 6.67. The Morgan fingerprint density at radius 3 is 2.43 bits per heavy atom. The molecule has 1 saturated carbocycles. The van der Waals surface area contributed by atoms with Crippen LogP contribution in [0.4, 0.5) is 0 Å². The molecule has 2 N–H and O–H groups in total. The maximum atomic E-state index is 11.5. The van der Waals surface area contributed by atoms with E-state index < -0.39 is 11.9 Å². The lowest BCUT2D eigenvalue weighted by Gasteiger charge is -2.11. The molecule has 21 heavy (non-hydrogen) atoms. The minimum Gasteiger partial charge on any atom is -0.481 e. The largest absolute Gasteiger partial charge is 0.481 e. The second-order valence-electron chi connectivity index (χ2n) is 4.91. The monoisotopic (exact) mass is 317 g/mol. The van der Waals surface area contributed by atoms with Gasteiger partial charge in [-0.3, -0.25) is 19.2 Å². The van der Waals surface area contributed by atoms with Gasteiger partial charge < -0.3 is 15.2 Å². The molecular weight excluding hydrogens is 298 g/mol. The van der Waals surface area contributed by atoms with Crippen molar-refractivity contribution < 1.29 is 29.0 Å². The fourth-order valence-electron chi connectivity index (χ4n) is 1.85. The molecule has 1 heterocycles. The molecule has 118 valence electrons. The van der Waals surface area contributed by atoms with E-state index in [1.807, 2.05) is 0 Å². The van der Waals surface area contributed by atoms with E-state index in [2.05, 4.69) is 10.1 Å². The number of carbonyl (C=O) groups excluding carboxylic acids is 3. The summed E-state index contributed by atoms with van der Waals surface area (Å²) in [5, 5.41) is 11.0. The molecule has 3 atom stereocenters. The molecule has 1 saturated heterocycles. The summed E-state index contributed by atoms with van der Waals surface area (Å²) in [4.78, 5) is 42.9. The zero-order valence-electron chi connectivity index (χ0n) is 12.0. The highest BCUT2D eigenvalue weighted by molar-refractivity contribution is 8.00. The van der Waals surface area contributed by atoms with Crippen molar-refractivity contribution in [2.45, 2.75) is 25.0 Å². The minimum atomic E-state index is -0.910. The fourth-order valence-corrected chi connectivity index (χ4v) is 2.92. The summed E-state index contributed by atoms with van der Waals surface area (Å²) in [7, 11) is 1.32. The fraction of sp³-hybridized carbons (Fsp3) is 0.692. The van der Waals surface area contributed by atoms with Crippen molar-refractivity contribution in [2.75, 3.05) is 19.4 Å². The zero-order chi connectivity index (χ0) is 16.0. The van der Waals surface area contributed by atoms with Crippen LogP contribution in [-0.2, 0) is 23.9 Å². The lowest BCUT2D eigenvalue weighted by molar-refractivity contribution is -0.142. The number of methoxy groups -OCH3 is 1. The van der Waals surface area contributed by atoms with Gasteiger partial charge in [-0.05, 0) is 13.3 Å². The number of thioether (sulfide) groups is 1. The summed E-state index contributed by atoms with van der Waals surface area (Å²) in [6, 6.07) is 0. The smallest absolute Gasteiger partial charge is 0.318 e. The number of carboxylic acids is 1. The average molecular weight is 317 g/mol. The van der Waals surface area contributed by atoms with Crippen LogP contribution < -0.4 is 5.32 Å². The Labute approximate surface area is 126 Å². The molecule has 0 aromatic rings. The summed E-state index contributed by atoms with van der Waals surface area (Å²) in [6.07, 6.45) is 0.502. The van der Waals surface area contributed by atoms with Crippen LogP contribution in [0.3, 0.4) is 0 Å². The van der Waals surface area contributed by atoms with E-state index in [4.69, 9.17) is 5.11 Å². The lowest BCUT2D eigenvalue weighted by Crippen LogP contribution is -2.18. The summed E-state index contributed by atoms with van der Waals surface area (Å²) in [5.41, 5.74) is 0. The quantitative estimate of drug-likeness (QED) is 0.544. The van der Waals surface area contributed by atoms with Crippen molar-refractivity contribution >= 4 is 35.4 Å². The van der Waals surface area contributed by atoms with Crippen LogP contribution >= 0.6 is 11.8 Å². The van der Waals surface area contributed by atoms with Crippen molar-refractivity contribution in [3.05, 3.63) is 0 Å². The number of nitrogens with one attached hydrogen (secondary N) is 1. The summed E-state index contributed by atoms with van der Waals surface area (Å²) < 4.78 is 4.57. The van der Waals surface area contributed by atoms with Crippen LogP contribution in [0.5, 0.6) is 0 Å². The third-order valence-electron chi connectivity index (χ3n) is 3.22. The summed E-state index contributed by atoms with van der Waals surface area (Å²) >= 11 is 1.34. The maximum Gasteiger partial charge on any atom is 0.318 e. The van der Waals surface area contributed by atoms with Crippen molar-refractivity contribution in [2.24, 2.45) is 11.8 Å². The number of hydrogen-bond acceptors (Lipinski definition) is 6. The third-order valence-corrected chi connectivity index (χ3v) is 4.51. The molecule has 2 rings (SSSR count). The van der Waals surface area contributed by atoms with Crippen LogP contribution in [-0.4, -0.2) is 53.4 Å². The summed E-state index contributed by atoms with van der Waals surface area (Å²) in [6.45, 7) is 2.31. The molecule has 1 aliphatic carbocycles. The molecule has 0 aromatic heterocycles. The number of Topliss-reactive ketones (excluding diaryl/α,β-unsaturated/α-hetero) is 1. The Morgan fingerprint density at radius 1 is 1.48 bits per heavy atom. The number of carboxylic acid groups (broad SMARTS) is 1. The molecule has 0 radical (unpaired) electrons. The van der Waals surface area contributed by atoms with Crippen LogP contribution in [0, 0.1) is 11.8 Å². The molecule has 2 fully saturated rings.